The molecule has 0 N–H and O–H groups in total. The van der Waals surface area contributed by atoms with Crippen LogP contribution in [0, 0.1) is 13.8 Å². The SMILES string of the molecule is [CH2]CC(c1ccc(C)cc1)c1ccc(C(F)(F)F)cc1. The summed E-state index contributed by atoms with van der Waals surface area (Å²) in [6, 6.07) is 13.4. The lowest BCUT2D eigenvalue weighted by Crippen LogP contribution is -2.06. The van der Waals surface area contributed by atoms with Gasteiger partial charge in [0.2, 0.25) is 0 Å². The van der Waals surface area contributed by atoms with E-state index in [1.165, 1.54) is 0 Å². The number of hydrogen-bond donors (Lipinski definition) is 0. The van der Waals surface area contributed by atoms with Crippen LogP contribution in [0.5, 0.6) is 0 Å². The summed E-state index contributed by atoms with van der Waals surface area (Å²) in [5.74, 6) is 0.0258. The molecule has 0 fully saturated rings. The van der Waals surface area contributed by atoms with Crippen LogP contribution in [0.25, 0.3) is 0 Å². The van der Waals surface area contributed by atoms with Crippen LogP contribution in [-0.4, -0.2) is 0 Å². The van der Waals surface area contributed by atoms with Crippen LogP contribution in [0.15, 0.2) is 48.5 Å². The number of benzene rings is 2. The van der Waals surface area contributed by atoms with Crippen LogP contribution in [0.4, 0.5) is 13.2 Å². The molecule has 105 valence electrons. The topological polar surface area (TPSA) is 0 Å². The Morgan fingerprint density at radius 2 is 1.35 bits per heavy atom. The van der Waals surface area contributed by atoms with Gasteiger partial charge in [0.05, 0.1) is 5.56 Å². The molecular weight excluding hydrogens is 261 g/mol. The molecule has 1 atom stereocenters. The maximum absolute atomic E-state index is 12.6. The molecule has 0 aliphatic carbocycles. The third kappa shape index (κ3) is 3.21. The highest BCUT2D eigenvalue weighted by atomic mass is 19.4. The highest BCUT2D eigenvalue weighted by Gasteiger charge is 2.30. The highest BCUT2D eigenvalue weighted by molar-refractivity contribution is 5.36. The zero-order valence-electron chi connectivity index (χ0n) is 11.2. The molecule has 0 nitrogen and oxygen atoms in total. The fourth-order valence-electron chi connectivity index (χ4n) is 2.23. The molecule has 2 rings (SSSR count). The lowest BCUT2D eigenvalue weighted by Gasteiger charge is -2.17. The van der Waals surface area contributed by atoms with Crippen molar-refractivity contribution in [2.75, 3.05) is 0 Å². The number of hydrogen-bond acceptors (Lipinski definition) is 0. The highest BCUT2D eigenvalue weighted by Crippen LogP contribution is 2.32. The molecule has 0 saturated heterocycles. The van der Waals surface area contributed by atoms with Crippen LogP contribution in [0.1, 0.15) is 34.6 Å². The Balaban J connectivity index is 2.30. The average molecular weight is 277 g/mol. The molecule has 0 aliphatic heterocycles. The average Bonchev–Trinajstić information content (AvgIpc) is 2.41. The van der Waals surface area contributed by atoms with Crippen molar-refractivity contribution in [2.24, 2.45) is 0 Å². The van der Waals surface area contributed by atoms with Gasteiger partial charge in [0.25, 0.3) is 0 Å². The smallest absolute Gasteiger partial charge is 0.166 e. The Morgan fingerprint density at radius 1 is 0.900 bits per heavy atom. The van der Waals surface area contributed by atoms with Crippen LogP contribution in [0.2, 0.25) is 0 Å². The van der Waals surface area contributed by atoms with E-state index >= 15 is 0 Å². The zero-order valence-corrected chi connectivity index (χ0v) is 11.2. The summed E-state index contributed by atoms with van der Waals surface area (Å²) in [5.41, 5.74) is 2.47. The van der Waals surface area contributed by atoms with E-state index in [2.05, 4.69) is 6.92 Å². The molecule has 0 aliphatic rings. The third-order valence-corrected chi connectivity index (χ3v) is 3.41. The van der Waals surface area contributed by atoms with Gasteiger partial charge in [0.1, 0.15) is 0 Å². The van der Waals surface area contributed by atoms with Crippen molar-refractivity contribution >= 4 is 0 Å². The lowest BCUT2D eigenvalue weighted by atomic mass is 9.88. The van der Waals surface area contributed by atoms with Gasteiger partial charge in [-0.3, -0.25) is 0 Å². The first-order valence-electron chi connectivity index (χ1n) is 6.45. The van der Waals surface area contributed by atoms with Gasteiger partial charge in [0, 0.05) is 5.92 Å². The van der Waals surface area contributed by atoms with E-state index in [0.29, 0.717) is 6.42 Å². The Kier molecular flexibility index (Phi) is 4.17. The van der Waals surface area contributed by atoms with E-state index in [4.69, 9.17) is 0 Å². The van der Waals surface area contributed by atoms with E-state index in [0.717, 1.165) is 28.8 Å². The molecule has 1 radical (unpaired) electrons. The van der Waals surface area contributed by atoms with Crippen molar-refractivity contribution in [3.63, 3.8) is 0 Å². The van der Waals surface area contributed by atoms with Crippen molar-refractivity contribution < 1.29 is 13.2 Å². The summed E-state index contributed by atoms with van der Waals surface area (Å²) < 4.78 is 37.7. The van der Waals surface area contributed by atoms with Gasteiger partial charge in [-0.2, -0.15) is 13.2 Å². The standard InChI is InChI=1S/C17H16F3/c1-3-16(13-6-4-12(2)5-7-13)14-8-10-15(11-9-14)17(18,19)20/h4-11,16H,1,3H2,2H3. The number of halogens is 3. The van der Waals surface area contributed by atoms with E-state index in [1.54, 1.807) is 12.1 Å². The molecule has 0 aromatic heterocycles. The molecule has 2 aromatic rings. The second kappa shape index (κ2) is 5.70. The van der Waals surface area contributed by atoms with Gasteiger partial charge in [-0.1, -0.05) is 48.9 Å². The second-order valence-corrected chi connectivity index (χ2v) is 4.87. The molecule has 20 heavy (non-hydrogen) atoms. The molecule has 0 amide bonds. The quantitative estimate of drug-likeness (QED) is 0.707. The molecule has 2 aromatic carbocycles. The lowest BCUT2D eigenvalue weighted by molar-refractivity contribution is -0.137. The second-order valence-electron chi connectivity index (χ2n) is 4.87. The molecular formula is C17H16F3. The minimum atomic E-state index is -4.29. The summed E-state index contributed by atoms with van der Waals surface area (Å²) in [7, 11) is 0. The summed E-state index contributed by atoms with van der Waals surface area (Å²) in [6.07, 6.45) is -3.68. The fraction of sp³-hybridized carbons (Fsp3) is 0.235. The van der Waals surface area contributed by atoms with E-state index < -0.39 is 11.7 Å². The first-order valence-corrected chi connectivity index (χ1v) is 6.45. The minimum Gasteiger partial charge on any atom is -0.166 e. The Morgan fingerprint density at radius 3 is 1.75 bits per heavy atom. The molecule has 0 saturated carbocycles. The first kappa shape index (κ1) is 14.6. The third-order valence-electron chi connectivity index (χ3n) is 3.41. The van der Waals surface area contributed by atoms with Gasteiger partial charge in [0.15, 0.2) is 0 Å². The van der Waals surface area contributed by atoms with Crippen molar-refractivity contribution in [1.29, 1.82) is 0 Å². The molecule has 3 heteroatoms. The molecule has 1 unspecified atom stereocenters. The maximum Gasteiger partial charge on any atom is 0.416 e. The number of alkyl halides is 3. The van der Waals surface area contributed by atoms with E-state index in [-0.39, 0.29) is 5.92 Å². The minimum absolute atomic E-state index is 0.0258. The fourth-order valence-corrected chi connectivity index (χ4v) is 2.23. The Hall–Kier alpha value is -1.77. The van der Waals surface area contributed by atoms with Crippen LogP contribution < -0.4 is 0 Å². The predicted molar refractivity (Wildman–Crippen MR) is 74.4 cm³/mol. The summed E-state index contributed by atoms with van der Waals surface area (Å²) >= 11 is 0. The van der Waals surface area contributed by atoms with Crippen molar-refractivity contribution in [2.45, 2.75) is 25.4 Å². The van der Waals surface area contributed by atoms with Crippen molar-refractivity contribution in [3.05, 3.63) is 77.7 Å². The van der Waals surface area contributed by atoms with Crippen LogP contribution in [0.3, 0.4) is 0 Å². The largest absolute Gasteiger partial charge is 0.416 e. The Labute approximate surface area is 117 Å². The van der Waals surface area contributed by atoms with Crippen molar-refractivity contribution in [3.8, 4) is 0 Å². The summed E-state index contributed by atoms with van der Waals surface area (Å²) in [5, 5.41) is 0. The number of aryl methyl sites for hydroxylation is 1. The van der Waals surface area contributed by atoms with E-state index in [9.17, 15) is 13.2 Å². The molecule has 0 spiro atoms. The maximum atomic E-state index is 12.6. The van der Waals surface area contributed by atoms with Gasteiger partial charge in [-0.25, -0.2) is 0 Å². The summed E-state index contributed by atoms with van der Waals surface area (Å²) in [6.45, 7) is 5.91. The Bertz CT molecular complexity index is 550. The normalized spacial score (nSPS) is 13.2. The van der Waals surface area contributed by atoms with Crippen LogP contribution in [-0.2, 0) is 6.18 Å². The molecule has 0 bridgehead atoms. The van der Waals surface area contributed by atoms with Gasteiger partial charge >= 0.3 is 6.18 Å². The zero-order chi connectivity index (χ0) is 14.8. The number of rotatable bonds is 3. The van der Waals surface area contributed by atoms with Crippen LogP contribution >= 0.6 is 0 Å². The van der Waals surface area contributed by atoms with Gasteiger partial charge < -0.3 is 0 Å². The molecule has 0 heterocycles. The monoisotopic (exact) mass is 277 g/mol. The van der Waals surface area contributed by atoms with Gasteiger partial charge in [-0.15, -0.1) is 0 Å². The van der Waals surface area contributed by atoms with E-state index in [1.807, 2.05) is 31.2 Å². The first-order chi connectivity index (χ1) is 9.41. The van der Waals surface area contributed by atoms with Gasteiger partial charge in [-0.05, 0) is 36.6 Å². The van der Waals surface area contributed by atoms with Crippen molar-refractivity contribution in [1.82, 2.24) is 0 Å². The summed E-state index contributed by atoms with van der Waals surface area (Å²) in [4.78, 5) is 0. The predicted octanol–water partition coefficient (Wildman–Crippen LogP) is 5.37.